The van der Waals surface area contributed by atoms with Crippen LogP contribution >= 0.6 is 11.6 Å². The first-order chi connectivity index (χ1) is 30.4. The number of nitrogens with zero attached hydrogens (tertiary/aromatic N) is 8. The van der Waals surface area contributed by atoms with Crippen LogP contribution in [0.4, 0.5) is 36.5 Å². The number of alkyl halides is 2. The largest absolute Gasteiger partial charge is 0.490 e. The molecule has 0 radical (unpaired) electrons. The van der Waals surface area contributed by atoms with E-state index < -0.39 is 23.9 Å². The van der Waals surface area contributed by atoms with Gasteiger partial charge in [-0.05, 0) is 61.1 Å². The number of piperidine rings is 2. The molecule has 0 spiro atoms. The van der Waals surface area contributed by atoms with E-state index in [1.54, 1.807) is 31.4 Å². The SMILES string of the molecule is C1CC1.CNc1cc(N2CCc3c(-c4ccc(CN5CCC(N6CCC(Oc7ccc(Cl)c(N8CCC(=O)NC8=O)c7)CC6)C(F)(F)C5)cn4)cccc32)nn2c(C(N)=O)cnc12. The number of aromatic nitrogens is 4. The molecule has 3 saturated heterocycles. The molecule has 10 rings (SSSR count). The van der Waals surface area contributed by atoms with Gasteiger partial charge in [0.1, 0.15) is 17.5 Å². The minimum Gasteiger partial charge on any atom is -0.490 e. The van der Waals surface area contributed by atoms with Gasteiger partial charge in [-0.25, -0.2) is 23.1 Å². The summed E-state index contributed by atoms with van der Waals surface area (Å²) in [6.45, 7) is 2.42. The van der Waals surface area contributed by atoms with Crippen LogP contribution in [0.3, 0.4) is 0 Å². The van der Waals surface area contributed by atoms with Crippen molar-refractivity contribution < 1.29 is 27.9 Å². The topological polar surface area (TPSA) is 167 Å². The zero-order valence-corrected chi connectivity index (χ0v) is 35.8. The van der Waals surface area contributed by atoms with E-state index >= 15 is 8.78 Å². The number of carbonyl (C=O) groups is 3. The van der Waals surface area contributed by atoms with E-state index in [0.717, 1.165) is 34.5 Å². The van der Waals surface area contributed by atoms with Crippen LogP contribution in [0.2, 0.25) is 5.02 Å². The third kappa shape index (κ3) is 8.99. The average molecular weight is 882 g/mol. The van der Waals surface area contributed by atoms with Gasteiger partial charge in [-0.2, -0.15) is 0 Å². The van der Waals surface area contributed by atoms with E-state index in [-0.39, 0.29) is 37.2 Å². The Hall–Kier alpha value is -5.91. The highest BCUT2D eigenvalue weighted by Gasteiger charge is 2.48. The van der Waals surface area contributed by atoms with Gasteiger partial charge in [-0.1, -0.05) is 49.1 Å². The Bertz CT molecular complexity index is 2530. The van der Waals surface area contributed by atoms with Gasteiger partial charge >= 0.3 is 6.03 Å². The maximum atomic E-state index is 15.9. The number of rotatable bonds is 10. The quantitative estimate of drug-likeness (QED) is 0.138. The van der Waals surface area contributed by atoms with Crippen molar-refractivity contribution in [2.24, 2.45) is 5.73 Å². The maximum Gasteiger partial charge on any atom is 0.328 e. The summed E-state index contributed by atoms with van der Waals surface area (Å²) in [6, 6.07) is 15.6. The highest BCUT2D eigenvalue weighted by atomic mass is 35.5. The lowest BCUT2D eigenvalue weighted by atomic mass is 9.95. The number of urea groups is 1. The van der Waals surface area contributed by atoms with Crippen molar-refractivity contribution in [3.05, 3.63) is 88.8 Å². The van der Waals surface area contributed by atoms with Crippen LogP contribution in [-0.2, 0) is 17.8 Å². The fourth-order valence-electron chi connectivity index (χ4n) is 8.93. The highest BCUT2D eigenvalue weighted by molar-refractivity contribution is 6.34. The molecule has 5 aromatic rings. The van der Waals surface area contributed by atoms with Gasteiger partial charge in [0.2, 0.25) is 5.91 Å². The molecule has 18 heteroatoms. The zero-order chi connectivity index (χ0) is 43.8. The minimum absolute atomic E-state index is 0.171. The number of hydrogen-bond acceptors (Lipinski definition) is 11. The van der Waals surface area contributed by atoms with Crippen LogP contribution < -0.4 is 30.9 Å². The van der Waals surface area contributed by atoms with Gasteiger partial charge in [0.15, 0.2) is 11.5 Å². The van der Waals surface area contributed by atoms with Gasteiger partial charge in [0.25, 0.3) is 11.8 Å². The second-order valence-corrected chi connectivity index (χ2v) is 17.1. The van der Waals surface area contributed by atoms with E-state index in [9.17, 15) is 14.4 Å². The second kappa shape index (κ2) is 17.7. The maximum absolute atomic E-state index is 15.9. The van der Waals surface area contributed by atoms with Crippen molar-refractivity contribution in [3.63, 3.8) is 0 Å². The van der Waals surface area contributed by atoms with Crippen LogP contribution in [0, 0.1) is 0 Å². The third-order valence-electron chi connectivity index (χ3n) is 12.3. The molecular formula is C45H50ClF2N11O4. The number of primary amides is 1. The van der Waals surface area contributed by atoms with E-state index in [0.29, 0.717) is 85.6 Å². The molecule has 15 nitrogen and oxygen atoms in total. The number of hydrogen-bond donors (Lipinski definition) is 3. The van der Waals surface area contributed by atoms with Crippen LogP contribution in [0.25, 0.3) is 16.9 Å². The lowest BCUT2D eigenvalue weighted by Gasteiger charge is -2.45. The van der Waals surface area contributed by atoms with E-state index in [2.05, 4.69) is 20.5 Å². The number of nitrogens with one attached hydrogen (secondary N) is 2. The van der Waals surface area contributed by atoms with E-state index in [4.69, 9.17) is 32.2 Å². The Labute approximate surface area is 368 Å². The first-order valence-electron chi connectivity index (χ1n) is 21.6. The average Bonchev–Trinajstić information content (AvgIpc) is 3.99. The van der Waals surface area contributed by atoms with Gasteiger partial charge in [-0.15, -0.1) is 5.10 Å². The molecule has 63 heavy (non-hydrogen) atoms. The molecule has 1 unspecified atom stereocenters. The molecular weight excluding hydrogens is 832 g/mol. The summed E-state index contributed by atoms with van der Waals surface area (Å²) in [6.07, 6.45) is 9.96. The van der Waals surface area contributed by atoms with Crippen LogP contribution in [0.15, 0.2) is 67.0 Å². The van der Waals surface area contributed by atoms with Gasteiger partial charge in [-0.3, -0.25) is 34.6 Å². The Balaban J connectivity index is 0.00000161. The Kier molecular flexibility index (Phi) is 11.9. The van der Waals surface area contributed by atoms with E-state index in [1.165, 1.54) is 34.9 Å². The molecule has 330 valence electrons. The summed E-state index contributed by atoms with van der Waals surface area (Å²) in [5, 5.41) is 10.5. The molecule has 7 heterocycles. The summed E-state index contributed by atoms with van der Waals surface area (Å²) in [5.41, 5.74) is 12.2. The number of pyridine rings is 1. The number of likely N-dealkylation sites (tertiary alicyclic amines) is 2. The molecule has 1 atom stereocenters. The summed E-state index contributed by atoms with van der Waals surface area (Å²) < 4.78 is 39.4. The van der Waals surface area contributed by atoms with E-state index in [1.807, 2.05) is 46.2 Å². The normalized spacial score (nSPS) is 20.2. The number of imidazole rings is 1. The molecule has 4 fully saturated rings. The van der Waals surface area contributed by atoms with Crippen LogP contribution in [-0.4, -0.2) is 112 Å². The van der Waals surface area contributed by atoms with Crippen LogP contribution in [0.1, 0.15) is 66.6 Å². The molecule has 4 aliphatic heterocycles. The van der Waals surface area contributed by atoms with Crippen molar-refractivity contribution in [2.75, 3.05) is 61.4 Å². The number of anilines is 4. The molecule has 2 aromatic carbocycles. The standard InChI is InChI=1S/C42H44ClF2N11O4.C3H6/c1-47-32-20-37(51-56-35(39(46)58)22-49-40(32)56)54-17-11-29-28(3-2-4-33(29)54)31-8-5-25(21-48-31)23-52-14-12-36(42(44,45)24-52)53-15-9-26(10-16-53)60-27-6-7-30(43)34(19-27)55-18-13-38(57)50-41(55)59;1-2-3-1/h2-8,19-22,26,36,47H,9-18,23-24H2,1H3,(H2,46,58)(H,50,57,59);1-3H2. The second-order valence-electron chi connectivity index (χ2n) is 16.7. The minimum atomic E-state index is -2.90. The number of benzene rings is 2. The van der Waals surface area contributed by atoms with Crippen molar-refractivity contribution in [1.82, 2.24) is 34.7 Å². The zero-order valence-electron chi connectivity index (χ0n) is 35.0. The number of amides is 4. The first-order valence-corrected chi connectivity index (χ1v) is 22.0. The number of halogens is 3. The Morgan fingerprint density at radius 3 is 2.43 bits per heavy atom. The smallest absolute Gasteiger partial charge is 0.328 e. The predicted octanol–water partition coefficient (Wildman–Crippen LogP) is 6.65. The number of carbonyl (C=O) groups excluding carboxylic acids is 3. The summed E-state index contributed by atoms with van der Waals surface area (Å²) in [7, 11) is 1.78. The summed E-state index contributed by atoms with van der Waals surface area (Å²) in [5.74, 6) is -2.68. The van der Waals surface area contributed by atoms with Crippen molar-refractivity contribution in [1.29, 1.82) is 0 Å². The van der Waals surface area contributed by atoms with Crippen LogP contribution in [0.5, 0.6) is 5.75 Å². The predicted molar refractivity (Wildman–Crippen MR) is 236 cm³/mol. The number of fused-ring (bicyclic) bond motifs is 2. The first kappa shape index (κ1) is 42.4. The molecule has 5 aliphatic rings. The molecule has 1 aliphatic carbocycles. The Morgan fingerprint density at radius 1 is 0.937 bits per heavy atom. The molecule has 3 aromatic heterocycles. The van der Waals surface area contributed by atoms with Crippen molar-refractivity contribution in [3.8, 4) is 17.0 Å². The molecule has 4 amide bonds. The van der Waals surface area contributed by atoms with Gasteiger partial charge < -0.3 is 20.7 Å². The third-order valence-corrected chi connectivity index (χ3v) is 12.6. The monoisotopic (exact) mass is 881 g/mol. The highest BCUT2D eigenvalue weighted by Crippen LogP contribution is 2.41. The van der Waals surface area contributed by atoms with Crippen molar-refractivity contribution in [2.45, 2.75) is 76.0 Å². The van der Waals surface area contributed by atoms with Gasteiger partial charge in [0, 0.05) is 82.3 Å². The van der Waals surface area contributed by atoms with Crippen molar-refractivity contribution >= 4 is 58.0 Å². The lowest BCUT2D eigenvalue weighted by molar-refractivity contribution is -0.135. The molecule has 4 N–H and O–H groups in total. The lowest BCUT2D eigenvalue weighted by Crippen LogP contribution is -2.59. The number of ether oxygens (including phenoxy) is 1. The summed E-state index contributed by atoms with van der Waals surface area (Å²) in [4.78, 5) is 52.4. The molecule has 1 saturated carbocycles. The fraction of sp³-hybridized carbons (Fsp3) is 0.422. The fourth-order valence-corrected chi connectivity index (χ4v) is 9.15. The Morgan fingerprint density at radius 2 is 1.73 bits per heavy atom. The van der Waals surface area contributed by atoms with Gasteiger partial charge in [0.05, 0.1) is 40.9 Å². The molecule has 0 bridgehead atoms. The summed E-state index contributed by atoms with van der Waals surface area (Å²) >= 11 is 6.39. The number of imide groups is 1. The number of nitrogens with two attached hydrogens (primary N) is 1.